The molecule has 0 saturated heterocycles. The molecule has 86 valence electrons. The molecule has 1 aromatic rings. The van der Waals surface area contributed by atoms with Crippen molar-refractivity contribution >= 4 is 0 Å². The van der Waals surface area contributed by atoms with Crippen LogP contribution in [-0.4, -0.2) is 27.3 Å². The zero-order valence-electron chi connectivity index (χ0n) is 9.56. The fourth-order valence-electron chi connectivity index (χ4n) is 1.89. The zero-order chi connectivity index (χ0) is 11.3. The van der Waals surface area contributed by atoms with Crippen molar-refractivity contribution in [3.8, 4) is 0 Å². The maximum atomic E-state index is 9.02. The van der Waals surface area contributed by atoms with Gasteiger partial charge in [0.25, 0.3) is 0 Å². The minimum absolute atomic E-state index is 0.0458. The van der Waals surface area contributed by atoms with E-state index in [2.05, 4.69) is 16.5 Å². The molecule has 0 radical (unpaired) electrons. The van der Waals surface area contributed by atoms with Crippen molar-refractivity contribution in [3.05, 3.63) is 18.2 Å². The van der Waals surface area contributed by atoms with Gasteiger partial charge in [-0.1, -0.05) is 6.92 Å². The van der Waals surface area contributed by atoms with Gasteiger partial charge in [0.1, 0.15) is 0 Å². The molecule has 3 N–H and O–H groups in total. The van der Waals surface area contributed by atoms with Gasteiger partial charge in [-0.25, -0.2) is 4.98 Å². The molecule has 0 amide bonds. The van der Waals surface area contributed by atoms with Crippen LogP contribution < -0.4 is 5.73 Å². The Bertz CT molecular complexity index is 283. The number of imidazole rings is 1. The summed E-state index contributed by atoms with van der Waals surface area (Å²) < 4.78 is 2.13. The summed E-state index contributed by atoms with van der Waals surface area (Å²) in [6, 6.07) is 0.0458. The molecule has 4 heteroatoms. The molecular formula is C11H21N3O. The maximum absolute atomic E-state index is 9.02. The molecular weight excluding hydrogens is 190 g/mol. The first-order valence-corrected chi connectivity index (χ1v) is 5.57. The van der Waals surface area contributed by atoms with Crippen molar-refractivity contribution < 1.29 is 5.11 Å². The summed E-state index contributed by atoms with van der Waals surface area (Å²) in [5.41, 5.74) is 7.07. The van der Waals surface area contributed by atoms with E-state index in [-0.39, 0.29) is 18.6 Å². The number of hydrogen-bond acceptors (Lipinski definition) is 3. The number of aliphatic hydroxyl groups excluding tert-OH is 1. The SMILES string of the molecule is CCCn1cncc1C(CCO)C(C)N. The molecule has 0 aromatic carbocycles. The second kappa shape index (κ2) is 5.88. The summed E-state index contributed by atoms with van der Waals surface area (Å²) in [6.45, 7) is 5.24. The van der Waals surface area contributed by atoms with E-state index in [4.69, 9.17) is 10.8 Å². The quantitative estimate of drug-likeness (QED) is 0.740. The summed E-state index contributed by atoms with van der Waals surface area (Å²) in [4.78, 5) is 4.15. The Balaban J connectivity index is 2.84. The van der Waals surface area contributed by atoms with E-state index in [1.54, 1.807) is 0 Å². The monoisotopic (exact) mass is 211 g/mol. The van der Waals surface area contributed by atoms with E-state index >= 15 is 0 Å². The Morgan fingerprint density at radius 3 is 2.87 bits per heavy atom. The third-order valence-corrected chi connectivity index (χ3v) is 2.66. The number of aromatic nitrogens is 2. The Kier molecular flexibility index (Phi) is 4.78. The minimum atomic E-state index is 0.0458. The number of rotatable bonds is 6. The Hall–Kier alpha value is -0.870. The molecule has 2 atom stereocenters. The second-order valence-electron chi connectivity index (χ2n) is 3.99. The van der Waals surface area contributed by atoms with E-state index < -0.39 is 0 Å². The second-order valence-corrected chi connectivity index (χ2v) is 3.99. The van der Waals surface area contributed by atoms with Gasteiger partial charge in [0, 0.05) is 37.0 Å². The number of nitrogens with zero attached hydrogens (tertiary/aromatic N) is 2. The lowest BCUT2D eigenvalue weighted by molar-refractivity contribution is 0.266. The van der Waals surface area contributed by atoms with Crippen LogP contribution in [0.15, 0.2) is 12.5 Å². The molecule has 1 aromatic heterocycles. The number of nitrogens with two attached hydrogens (primary N) is 1. The average molecular weight is 211 g/mol. The van der Waals surface area contributed by atoms with E-state index in [0.717, 1.165) is 18.7 Å². The predicted octanol–water partition coefficient (Wildman–Crippen LogP) is 1.11. The molecule has 0 bridgehead atoms. The van der Waals surface area contributed by atoms with E-state index in [0.29, 0.717) is 6.42 Å². The van der Waals surface area contributed by atoms with Gasteiger partial charge >= 0.3 is 0 Å². The molecule has 4 nitrogen and oxygen atoms in total. The molecule has 0 aliphatic rings. The first kappa shape index (κ1) is 12.2. The standard InChI is InChI=1S/C11H21N3O/c1-3-5-14-8-13-7-11(14)10(4-6-15)9(2)12/h7-10,15H,3-6,12H2,1-2H3. The summed E-state index contributed by atoms with van der Waals surface area (Å²) in [5, 5.41) is 9.02. The van der Waals surface area contributed by atoms with Crippen LogP contribution in [0.5, 0.6) is 0 Å². The first-order valence-electron chi connectivity index (χ1n) is 5.57. The summed E-state index contributed by atoms with van der Waals surface area (Å²) in [5.74, 6) is 0.198. The molecule has 0 saturated carbocycles. The van der Waals surface area contributed by atoms with Crippen LogP contribution in [-0.2, 0) is 6.54 Å². The van der Waals surface area contributed by atoms with Crippen molar-refractivity contribution in [1.82, 2.24) is 9.55 Å². The van der Waals surface area contributed by atoms with Gasteiger partial charge < -0.3 is 15.4 Å². The highest BCUT2D eigenvalue weighted by atomic mass is 16.3. The summed E-state index contributed by atoms with van der Waals surface area (Å²) in [6.07, 6.45) is 5.48. The number of aliphatic hydroxyl groups is 1. The van der Waals surface area contributed by atoms with E-state index in [1.165, 1.54) is 0 Å². The molecule has 15 heavy (non-hydrogen) atoms. The zero-order valence-corrected chi connectivity index (χ0v) is 9.56. The highest BCUT2D eigenvalue weighted by molar-refractivity contribution is 5.09. The molecule has 2 unspecified atom stereocenters. The highest BCUT2D eigenvalue weighted by Gasteiger charge is 2.19. The van der Waals surface area contributed by atoms with E-state index in [9.17, 15) is 0 Å². The lowest BCUT2D eigenvalue weighted by Gasteiger charge is -2.21. The van der Waals surface area contributed by atoms with E-state index in [1.807, 2.05) is 19.4 Å². The third kappa shape index (κ3) is 3.04. The highest BCUT2D eigenvalue weighted by Crippen LogP contribution is 2.22. The lowest BCUT2D eigenvalue weighted by atomic mass is 9.95. The van der Waals surface area contributed by atoms with Crippen molar-refractivity contribution in [2.75, 3.05) is 6.61 Å². The molecule has 0 spiro atoms. The van der Waals surface area contributed by atoms with Crippen LogP contribution >= 0.6 is 0 Å². The molecule has 0 aliphatic heterocycles. The fourth-order valence-corrected chi connectivity index (χ4v) is 1.89. The summed E-state index contributed by atoms with van der Waals surface area (Å²) >= 11 is 0. The fraction of sp³-hybridized carbons (Fsp3) is 0.727. The van der Waals surface area contributed by atoms with Crippen LogP contribution in [0.1, 0.15) is 38.3 Å². The van der Waals surface area contributed by atoms with Crippen molar-refractivity contribution in [3.63, 3.8) is 0 Å². The smallest absolute Gasteiger partial charge is 0.0948 e. The van der Waals surface area contributed by atoms with Gasteiger partial charge in [0.05, 0.1) is 6.33 Å². The number of hydrogen-bond donors (Lipinski definition) is 2. The van der Waals surface area contributed by atoms with Crippen LogP contribution in [0, 0.1) is 0 Å². The molecule has 1 rings (SSSR count). The van der Waals surface area contributed by atoms with Crippen LogP contribution in [0.2, 0.25) is 0 Å². The van der Waals surface area contributed by atoms with Crippen LogP contribution in [0.4, 0.5) is 0 Å². The third-order valence-electron chi connectivity index (χ3n) is 2.66. The topological polar surface area (TPSA) is 64.1 Å². The largest absolute Gasteiger partial charge is 0.396 e. The van der Waals surface area contributed by atoms with Gasteiger partial charge in [-0.05, 0) is 19.8 Å². The predicted molar refractivity (Wildman–Crippen MR) is 60.6 cm³/mol. The minimum Gasteiger partial charge on any atom is -0.396 e. The van der Waals surface area contributed by atoms with Crippen LogP contribution in [0.25, 0.3) is 0 Å². The maximum Gasteiger partial charge on any atom is 0.0948 e. The van der Waals surface area contributed by atoms with Gasteiger partial charge in [0.2, 0.25) is 0 Å². The Morgan fingerprint density at radius 1 is 1.60 bits per heavy atom. The first-order chi connectivity index (χ1) is 7.20. The Morgan fingerprint density at radius 2 is 2.33 bits per heavy atom. The molecule has 0 fully saturated rings. The van der Waals surface area contributed by atoms with Gasteiger partial charge in [-0.2, -0.15) is 0 Å². The number of aryl methyl sites for hydroxylation is 1. The molecule has 0 aliphatic carbocycles. The summed E-state index contributed by atoms with van der Waals surface area (Å²) in [7, 11) is 0. The van der Waals surface area contributed by atoms with Gasteiger partial charge in [0.15, 0.2) is 0 Å². The average Bonchev–Trinajstić information content (AvgIpc) is 2.62. The van der Waals surface area contributed by atoms with Crippen LogP contribution in [0.3, 0.4) is 0 Å². The van der Waals surface area contributed by atoms with Crippen molar-refractivity contribution in [2.45, 2.75) is 45.2 Å². The van der Waals surface area contributed by atoms with Crippen molar-refractivity contribution in [1.29, 1.82) is 0 Å². The molecule has 1 heterocycles. The Labute approximate surface area is 91.1 Å². The van der Waals surface area contributed by atoms with Crippen molar-refractivity contribution in [2.24, 2.45) is 5.73 Å². The lowest BCUT2D eigenvalue weighted by Crippen LogP contribution is -2.27. The normalized spacial score (nSPS) is 15.2. The van der Waals surface area contributed by atoms with Gasteiger partial charge in [-0.3, -0.25) is 0 Å². The van der Waals surface area contributed by atoms with Gasteiger partial charge in [-0.15, -0.1) is 0 Å².